The quantitative estimate of drug-likeness (QED) is 0.618. The van der Waals surface area contributed by atoms with Gasteiger partial charge in [0, 0.05) is 56.8 Å². The Bertz CT molecular complexity index is 1200. The first-order chi connectivity index (χ1) is 17.8. The van der Waals surface area contributed by atoms with Crippen LogP contribution in [-0.2, 0) is 21.4 Å². The molecule has 37 heavy (non-hydrogen) atoms. The van der Waals surface area contributed by atoms with Gasteiger partial charge >= 0.3 is 0 Å². The van der Waals surface area contributed by atoms with Gasteiger partial charge in [-0.3, -0.25) is 19.7 Å². The molecule has 4 rings (SSSR count). The van der Waals surface area contributed by atoms with E-state index in [1.165, 1.54) is 0 Å². The van der Waals surface area contributed by atoms with Gasteiger partial charge in [-0.05, 0) is 49.0 Å². The number of piperazine rings is 1. The van der Waals surface area contributed by atoms with Crippen LogP contribution in [0.15, 0.2) is 76.3 Å². The molecule has 1 saturated heterocycles. The Kier molecular flexibility index (Phi) is 9.23. The zero-order valence-corrected chi connectivity index (χ0v) is 22.5. The van der Waals surface area contributed by atoms with Crippen LogP contribution in [0.25, 0.3) is 0 Å². The fraction of sp³-hybridized carbons (Fsp3) is 0.464. The summed E-state index contributed by atoms with van der Waals surface area (Å²) in [5.74, 6) is 0.179. The topological polar surface area (TPSA) is 95.0 Å². The summed E-state index contributed by atoms with van der Waals surface area (Å²) < 4.78 is 29.2. The van der Waals surface area contributed by atoms with E-state index >= 15 is 0 Å². The molecule has 1 aromatic rings. The van der Waals surface area contributed by atoms with Crippen molar-refractivity contribution in [1.29, 1.82) is 0 Å². The highest BCUT2D eigenvalue weighted by molar-refractivity contribution is 7.93. The van der Waals surface area contributed by atoms with Crippen molar-refractivity contribution in [2.75, 3.05) is 32.7 Å². The van der Waals surface area contributed by atoms with Gasteiger partial charge in [-0.2, -0.15) is 0 Å². The molecule has 1 amide bonds. The normalized spacial score (nSPS) is 29.5. The van der Waals surface area contributed by atoms with Crippen molar-refractivity contribution in [3.8, 4) is 0 Å². The summed E-state index contributed by atoms with van der Waals surface area (Å²) in [4.78, 5) is 26.3. The smallest absolute Gasteiger partial charge is 0.249 e. The van der Waals surface area contributed by atoms with Gasteiger partial charge in [0.2, 0.25) is 15.9 Å². The first kappa shape index (κ1) is 27.2. The number of carbonyl (C=O) groups is 1. The van der Waals surface area contributed by atoms with Crippen LogP contribution in [0.5, 0.6) is 0 Å². The summed E-state index contributed by atoms with van der Waals surface area (Å²) in [5.41, 5.74) is 1.82. The number of aromatic nitrogens is 1. The molecule has 3 aliphatic rings. The summed E-state index contributed by atoms with van der Waals surface area (Å²) in [5, 5.41) is 0. The third-order valence-corrected chi connectivity index (χ3v) is 8.64. The van der Waals surface area contributed by atoms with Gasteiger partial charge < -0.3 is 4.90 Å². The van der Waals surface area contributed by atoms with Crippen LogP contribution in [-0.4, -0.2) is 74.1 Å². The van der Waals surface area contributed by atoms with Crippen LogP contribution in [0.2, 0.25) is 0 Å². The van der Waals surface area contributed by atoms with Gasteiger partial charge in [0.15, 0.2) is 0 Å². The highest BCUT2D eigenvalue weighted by atomic mass is 32.2. The molecule has 1 aliphatic carbocycles. The lowest BCUT2D eigenvalue weighted by atomic mass is 9.87. The standard InChI is InChI=1S/C28H37N5O3S/c1-22-7-5-10-26(20-29-13-6-8-22)37(35,36)31-27-12-11-24(19-23(27)2)28(34)33-17-15-32(16-18-33)21-25-9-3-4-14-30-25/h3-10,13-14,19,22-23,27,31H,11-12,15-18,20-21H2,1-2H3/b7-5-,8-6-,26-10+,29-13-/t22-,23+,27?/m0/s1. The second kappa shape index (κ2) is 12.6. The lowest BCUT2D eigenvalue weighted by Crippen LogP contribution is -2.49. The van der Waals surface area contributed by atoms with Gasteiger partial charge in [-0.1, -0.05) is 44.2 Å². The number of amides is 1. The van der Waals surface area contributed by atoms with Crippen LogP contribution >= 0.6 is 0 Å². The highest BCUT2D eigenvalue weighted by Gasteiger charge is 2.31. The number of aliphatic imine (C=N–C) groups is 1. The maximum Gasteiger partial charge on any atom is 0.249 e. The van der Waals surface area contributed by atoms with Gasteiger partial charge in [-0.15, -0.1) is 0 Å². The van der Waals surface area contributed by atoms with Crippen LogP contribution in [0.4, 0.5) is 0 Å². The minimum atomic E-state index is -3.70. The van der Waals surface area contributed by atoms with Crippen LogP contribution in [0.3, 0.4) is 0 Å². The number of allylic oxidation sites excluding steroid dienone is 5. The number of nitrogens with one attached hydrogen (secondary N) is 1. The Balaban J connectivity index is 1.33. The van der Waals surface area contributed by atoms with E-state index in [4.69, 9.17) is 0 Å². The lowest BCUT2D eigenvalue weighted by Gasteiger charge is -2.36. The Morgan fingerprint density at radius 1 is 1.11 bits per heavy atom. The molecule has 0 aromatic carbocycles. The highest BCUT2D eigenvalue weighted by Crippen LogP contribution is 2.26. The maximum absolute atomic E-state index is 13.2. The molecule has 1 unspecified atom stereocenters. The predicted molar refractivity (Wildman–Crippen MR) is 147 cm³/mol. The number of nitrogens with zero attached hydrogens (tertiary/aromatic N) is 4. The third kappa shape index (κ3) is 7.56. The average Bonchev–Trinajstić information content (AvgIpc) is 2.89. The van der Waals surface area contributed by atoms with Crippen LogP contribution < -0.4 is 4.72 Å². The van der Waals surface area contributed by atoms with Crippen LogP contribution in [0, 0.1) is 11.8 Å². The molecule has 8 nitrogen and oxygen atoms in total. The van der Waals surface area contributed by atoms with E-state index in [1.807, 2.05) is 61.3 Å². The van der Waals surface area contributed by atoms with Crippen molar-refractivity contribution in [2.45, 2.75) is 39.3 Å². The summed E-state index contributed by atoms with van der Waals surface area (Å²) >= 11 is 0. The molecular formula is C28H37N5O3S. The molecule has 0 bridgehead atoms. The fourth-order valence-corrected chi connectivity index (χ4v) is 6.19. The fourth-order valence-electron chi connectivity index (χ4n) is 4.80. The lowest BCUT2D eigenvalue weighted by molar-refractivity contribution is -0.129. The van der Waals surface area contributed by atoms with E-state index in [9.17, 15) is 13.2 Å². The molecule has 1 N–H and O–H groups in total. The monoisotopic (exact) mass is 523 g/mol. The number of pyridine rings is 1. The van der Waals surface area contributed by atoms with Crippen molar-refractivity contribution in [1.82, 2.24) is 19.5 Å². The van der Waals surface area contributed by atoms with Crippen molar-refractivity contribution in [2.24, 2.45) is 16.8 Å². The SMILES string of the molecule is C[C@@H]1/C=C\C=N/C/C(S(=O)(=O)NC2CCC(C(=O)N3CCN(Cc4ccccn4)CC3)=C[C@H]2C)=C\C=C/1. The number of carbonyl (C=O) groups excluding carboxylic acids is 1. The molecule has 3 heterocycles. The molecular weight excluding hydrogens is 486 g/mol. The molecule has 0 saturated carbocycles. The summed E-state index contributed by atoms with van der Waals surface area (Å²) in [7, 11) is -3.70. The Morgan fingerprint density at radius 2 is 1.89 bits per heavy atom. The summed E-state index contributed by atoms with van der Waals surface area (Å²) in [6, 6.07) is 5.66. The molecule has 0 spiro atoms. The van der Waals surface area contributed by atoms with Gasteiger partial charge in [0.1, 0.15) is 0 Å². The first-order valence-corrected chi connectivity index (χ1v) is 14.5. The minimum absolute atomic E-state index is 0.0716. The zero-order valence-electron chi connectivity index (χ0n) is 21.7. The largest absolute Gasteiger partial charge is 0.336 e. The van der Waals surface area contributed by atoms with Gasteiger partial charge in [0.05, 0.1) is 17.1 Å². The Hall–Kier alpha value is -2.88. The first-order valence-electron chi connectivity index (χ1n) is 13.0. The zero-order chi connectivity index (χ0) is 26.3. The number of hydrogen-bond acceptors (Lipinski definition) is 6. The summed E-state index contributed by atoms with van der Waals surface area (Å²) in [6.07, 6.45) is 15.7. The van der Waals surface area contributed by atoms with E-state index < -0.39 is 10.0 Å². The van der Waals surface area contributed by atoms with Crippen molar-refractivity contribution in [3.63, 3.8) is 0 Å². The maximum atomic E-state index is 13.2. The van der Waals surface area contributed by atoms with E-state index in [1.54, 1.807) is 24.6 Å². The Morgan fingerprint density at radius 3 is 2.62 bits per heavy atom. The minimum Gasteiger partial charge on any atom is -0.336 e. The van der Waals surface area contributed by atoms with Crippen molar-refractivity contribution < 1.29 is 13.2 Å². The molecule has 2 aliphatic heterocycles. The van der Waals surface area contributed by atoms with Gasteiger partial charge in [-0.25, -0.2) is 13.1 Å². The van der Waals surface area contributed by atoms with Crippen molar-refractivity contribution in [3.05, 3.63) is 77.0 Å². The molecule has 3 atom stereocenters. The predicted octanol–water partition coefficient (Wildman–Crippen LogP) is 3.09. The molecule has 1 fully saturated rings. The average molecular weight is 524 g/mol. The van der Waals surface area contributed by atoms with E-state index in [-0.39, 0.29) is 35.2 Å². The van der Waals surface area contributed by atoms with E-state index in [0.29, 0.717) is 25.9 Å². The second-order valence-corrected chi connectivity index (χ2v) is 11.7. The second-order valence-electron chi connectivity index (χ2n) is 9.96. The number of rotatable bonds is 6. The van der Waals surface area contributed by atoms with Crippen molar-refractivity contribution >= 4 is 22.1 Å². The van der Waals surface area contributed by atoms with Crippen LogP contribution in [0.1, 0.15) is 32.4 Å². The molecule has 9 heteroatoms. The molecule has 1 aromatic heterocycles. The summed E-state index contributed by atoms with van der Waals surface area (Å²) in [6.45, 7) is 7.87. The molecule has 0 radical (unpaired) electrons. The van der Waals surface area contributed by atoms with E-state index in [0.717, 1.165) is 30.9 Å². The van der Waals surface area contributed by atoms with E-state index in [2.05, 4.69) is 19.6 Å². The number of hydrogen-bond donors (Lipinski definition) is 1. The third-order valence-electron chi connectivity index (χ3n) is 7.07. The molecule has 198 valence electrons. The number of sulfonamides is 1. The Labute approximate surface area is 220 Å². The van der Waals surface area contributed by atoms with Gasteiger partial charge in [0.25, 0.3) is 0 Å².